The number of ether oxygens (including phenoxy) is 1. The third-order valence-electron chi connectivity index (χ3n) is 2.53. The van der Waals surface area contributed by atoms with Gasteiger partial charge < -0.3 is 10.5 Å². The second-order valence-electron chi connectivity index (χ2n) is 3.92. The van der Waals surface area contributed by atoms with Crippen LogP contribution in [0.4, 0.5) is 4.39 Å². The average Bonchev–Trinajstić information content (AvgIpc) is 2.38. The molecule has 0 heterocycles. The van der Waals surface area contributed by atoms with Crippen LogP contribution in [0.2, 0.25) is 0 Å². The molecule has 0 aliphatic carbocycles. The molecule has 0 aliphatic rings. The molecule has 0 aromatic heterocycles. The first kappa shape index (κ1) is 14.0. The number of halogens is 2. The summed E-state index contributed by atoms with van der Waals surface area (Å²) in [7, 11) is 0. The number of benzene rings is 2. The van der Waals surface area contributed by atoms with E-state index < -0.39 is 5.82 Å². The van der Waals surface area contributed by atoms with Crippen LogP contribution in [0.1, 0.15) is 11.1 Å². The maximum absolute atomic E-state index is 13.5. The van der Waals surface area contributed by atoms with E-state index in [-0.39, 0.29) is 12.4 Å². The Morgan fingerprint density at radius 2 is 1.89 bits per heavy atom. The van der Waals surface area contributed by atoms with E-state index in [0.717, 1.165) is 11.1 Å². The van der Waals surface area contributed by atoms with Crippen LogP contribution in [0, 0.1) is 5.82 Å². The quantitative estimate of drug-likeness (QED) is 0.860. The summed E-state index contributed by atoms with van der Waals surface area (Å²) in [6, 6.07) is 12.0. The highest BCUT2D eigenvalue weighted by molar-refractivity contribution is 9.10. The Kier molecular flexibility index (Phi) is 4.50. The molecule has 0 fully saturated rings. The molecule has 0 bridgehead atoms. The summed E-state index contributed by atoms with van der Waals surface area (Å²) in [6.45, 7) is 0.288. The van der Waals surface area contributed by atoms with Gasteiger partial charge in [0.1, 0.15) is 11.6 Å². The Morgan fingerprint density at radius 3 is 2.47 bits per heavy atom. The molecule has 0 saturated carbocycles. The molecular weight excluding hydrogens is 329 g/mol. The van der Waals surface area contributed by atoms with Crippen LogP contribution in [0.25, 0.3) is 0 Å². The number of thiocarbonyl (C=S) groups is 1. The Balaban J connectivity index is 2.04. The highest BCUT2D eigenvalue weighted by Crippen LogP contribution is 2.22. The molecule has 2 aromatic rings. The highest BCUT2D eigenvalue weighted by Gasteiger charge is 2.04. The lowest BCUT2D eigenvalue weighted by Crippen LogP contribution is -2.09. The van der Waals surface area contributed by atoms with Crippen LogP contribution in [0.3, 0.4) is 0 Å². The zero-order chi connectivity index (χ0) is 13.8. The van der Waals surface area contributed by atoms with Crippen LogP contribution in [0.5, 0.6) is 5.75 Å². The molecule has 5 heteroatoms. The zero-order valence-electron chi connectivity index (χ0n) is 9.90. The predicted molar refractivity (Wildman–Crippen MR) is 80.8 cm³/mol. The van der Waals surface area contributed by atoms with E-state index in [1.54, 1.807) is 12.1 Å². The van der Waals surface area contributed by atoms with Crippen molar-refractivity contribution in [2.45, 2.75) is 6.61 Å². The van der Waals surface area contributed by atoms with Gasteiger partial charge in [-0.2, -0.15) is 0 Å². The highest BCUT2D eigenvalue weighted by atomic mass is 79.9. The van der Waals surface area contributed by atoms with E-state index in [1.165, 1.54) is 6.07 Å². The van der Waals surface area contributed by atoms with Crippen molar-refractivity contribution in [1.29, 1.82) is 0 Å². The molecule has 0 unspecified atom stereocenters. The minimum Gasteiger partial charge on any atom is -0.486 e. The Labute approximate surface area is 124 Å². The van der Waals surface area contributed by atoms with Crippen LogP contribution >= 0.6 is 28.1 Å². The fourth-order valence-corrected chi connectivity index (χ4v) is 1.99. The van der Waals surface area contributed by atoms with Gasteiger partial charge in [0.2, 0.25) is 0 Å². The fraction of sp³-hybridized carbons (Fsp3) is 0.0714. The van der Waals surface area contributed by atoms with Crippen LogP contribution in [-0.4, -0.2) is 4.99 Å². The van der Waals surface area contributed by atoms with Crippen molar-refractivity contribution in [3.05, 3.63) is 63.9 Å². The lowest BCUT2D eigenvalue weighted by molar-refractivity contribution is 0.290. The number of rotatable bonds is 4. The molecule has 0 radical (unpaired) electrons. The zero-order valence-corrected chi connectivity index (χ0v) is 12.3. The van der Waals surface area contributed by atoms with E-state index in [2.05, 4.69) is 15.9 Å². The van der Waals surface area contributed by atoms with Crippen LogP contribution in [0.15, 0.2) is 46.9 Å². The molecule has 0 atom stereocenters. The van der Waals surface area contributed by atoms with Crippen molar-refractivity contribution in [2.24, 2.45) is 5.73 Å². The number of nitrogens with two attached hydrogens (primary N) is 1. The predicted octanol–water partition coefficient (Wildman–Crippen LogP) is 3.80. The monoisotopic (exact) mass is 339 g/mol. The normalized spacial score (nSPS) is 10.2. The maximum atomic E-state index is 13.5. The molecule has 0 spiro atoms. The van der Waals surface area contributed by atoms with Crippen molar-refractivity contribution < 1.29 is 9.13 Å². The van der Waals surface area contributed by atoms with E-state index >= 15 is 0 Å². The molecule has 2 nitrogen and oxygen atoms in total. The second kappa shape index (κ2) is 6.12. The molecule has 0 aliphatic heterocycles. The molecule has 2 N–H and O–H groups in total. The topological polar surface area (TPSA) is 35.2 Å². The maximum Gasteiger partial charge on any atom is 0.166 e. The molecule has 2 aromatic carbocycles. The second-order valence-corrected chi connectivity index (χ2v) is 5.28. The Hall–Kier alpha value is -1.46. The molecule has 0 amide bonds. The van der Waals surface area contributed by atoms with Crippen LogP contribution in [-0.2, 0) is 6.61 Å². The Bertz CT molecular complexity index is 601. The molecule has 19 heavy (non-hydrogen) atoms. The van der Waals surface area contributed by atoms with Gasteiger partial charge in [0.05, 0.1) is 0 Å². The van der Waals surface area contributed by atoms with Gasteiger partial charge in [-0.05, 0) is 23.8 Å². The molecule has 98 valence electrons. The summed E-state index contributed by atoms with van der Waals surface area (Å²) in [5.41, 5.74) is 7.23. The summed E-state index contributed by atoms with van der Waals surface area (Å²) in [5.74, 6) is -0.171. The minimum absolute atomic E-state index is 0.224. The van der Waals surface area contributed by atoms with Gasteiger partial charge in [0.25, 0.3) is 0 Å². The Morgan fingerprint density at radius 1 is 1.21 bits per heavy atom. The first-order valence-electron chi connectivity index (χ1n) is 5.53. The van der Waals surface area contributed by atoms with Crippen molar-refractivity contribution in [3.63, 3.8) is 0 Å². The minimum atomic E-state index is -0.394. The van der Waals surface area contributed by atoms with Gasteiger partial charge in [0, 0.05) is 10.0 Å². The smallest absolute Gasteiger partial charge is 0.166 e. The lowest BCUT2D eigenvalue weighted by atomic mass is 10.1. The summed E-state index contributed by atoms with van der Waals surface area (Å²) in [6.07, 6.45) is 0. The first-order valence-corrected chi connectivity index (χ1v) is 6.73. The van der Waals surface area contributed by atoms with Crippen LogP contribution < -0.4 is 10.5 Å². The summed E-state index contributed by atoms with van der Waals surface area (Å²) in [4.78, 5) is 0.353. The van der Waals surface area contributed by atoms with Crippen molar-refractivity contribution in [1.82, 2.24) is 0 Å². The van der Waals surface area contributed by atoms with Gasteiger partial charge >= 0.3 is 0 Å². The summed E-state index contributed by atoms with van der Waals surface area (Å²) < 4.78 is 19.6. The van der Waals surface area contributed by atoms with Crippen molar-refractivity contribution >= 4 is 33.1 Å². The SMILES string of the molecule is NC(=S)c1ccc(COc2ccc(Br)cc2F)cc1. The average molecular weight is 340 g/mol. The molecular formula is C14H11BrFNOS. The lowest BCUT2D eigenvalue weighted by Gasteiger charge is -2.08. The third-order valence-corrected chi connectivity index (χ3v) is 3.26. The van der Waals surface area contributed by atoms with Gasteiger partial charge in [-0.15, -0.1) is 0 Å². The van der Waals surface area contributed by atoms with Gasteiger partial charge in [0.15, 0.2) is 11.6 Å². The van der Waals surface area contributed by atoms with E-state index in [1.807, 2.05) is 24.3 Å². The number of hydrogen-bond donors (Lipinski definition) is 1. The van der Waals surface area contributed by atoms with E-state index in [9.17, 15) is 4.39 Å². The standard InChI is InChI=1S/C14H11BrFNOS/c15-11-5-6-13(12(16)7-11)18-8-9-1-3-10(4-2-9)14(17)19/h1-7H,8H2,(H2,17,19). The summed E-state index contributed by atoms with van der Waals surface area (Å²) in [5, 5.41) is 0. The fourth-order valence-electron chi connectivity index (χ4n) is 1.52. The van der Waals surface area contributed by atoms with E-state index in [4.69, 9.17) is 22.7 Å². The van der Waals surface area contributed by atoms with Gasteiger partial charge in [-0.1, -0.05) is 52.4 Å². The van der Waals surface area contributed by atoms with Gasteiger partial charge in [-0.25, -0.2) is 4.39 Å². The molecule has 2 rings (SSSR count). The largest absolute Gasteiger partial charge is 0.486 e. The van der Waals surface area contributed by atoms with Crippen molar-refractivity contribution in [2.75, 3.05) is 0 Å². The van der Waals surface area contributed by atoms with E-state index in [0.29, 0.717) is 9.46 Å². The summed E-state index contributed by atoms with van der Waals surface area (Å²) >= 11 is 8.06. The van der Waals surface area contributed by atoms with Gasteiger partial charge in [-0.3, -0.25) is 0 Å². The van der Waals surface area contributed by atoms with Crippen molar-refractivity contribution in [3.8, 4) is 5.75 Å². The molecule has 0 saturated heterocycles. The first-order chi connectivity index (χ1) is 9.06. The third kappa shape index (κ3) is 3.75. The number of hydrogen-bond acceptors (Lipinski definition) is 2.